The number of rotatable bonds is 1. The normalized spacial score (nSPS) is 36.6. The van der Waals surface area contributed by atoms with Crippen LogP contribution in [0.2, 0.25) is 0 Å². The molecule has 0 aromatic rings. The molecule has 2 aliphatic rings. The van der Waals surface area contributed by atoms with Crippen molar-refractivity contribution in [2.75, 3.05) is 19.6 Å². The van der Waals surface area contributed by atoms with Crippen molar-refractivity contribution in [3.8, 4) is 0 Å². The molecule has 2 nitrogen and oxygen atoms in total. The van der Waals surface area contributed by atoms with E-state index in [1.165, 1.54) is 58.2 Å². The van der Waals surface area contributed by atoms with E-state index in [0.717, 1.165) is 6.04 Å². The van der Waals surface area contributed by atoms with Gasteiger partial charge in [0.1, 0.15) is 0 Å². The Bertz CT molecular complexity index is 162. The lowest BCUT2D eigenvalue weighted by atomic mass is 9.98. The Morgan fingerprint density at radius 2 is 1.71 bits per heavy atom. The highest BCUT2D eigenvalue weighted by Crippen LogP contribution is 2.19. The fourth-order valence-corrected chi connectivity index (χ4v) is 2.95. The van der Waals surface area contributed by atoms with E-state index in [2.05, 4.69) is 17.1 Å². The maximum Gasteiger partial charge on any atom is 0.0247 e. The van der Waals surface area contributed by atoms with Crippen LogP contribution in [-0.4, -0.2) is 36.6 Å². The summed E-state index contributed by atoms with van der Waals surface area (Å²) in [7, 11) is 0. The molecule has 2 atom stereocenters. The second kappa shape index (κ2) is 5.13. The minimum Gasteiger partial charge on any atom is -0.313 e. The molecule has 2 aliphatic heterocycles. The van der Waals surface area contributed by atoms with Crippen molar-refractivity contribution in [2.45, 2.75) is 57.5 Å². The lowest BCUT2D eigenvalue weighted by molar-refractivity contribution is 0.138. The first-order valence-electron chi connectivity index (χ1n) is 6.35. The van der Waals surface area contributed by atoms with Gasteiger partial charge in [-0.05, 0) is 52.2 Å². The highest BCUT2D eigenvalue weighted by molar-refractivity contribution is 4.86. The molecular weight excluding hydrogens is 172 g/mol. The number of nitrogens with one attached hydrogen (secondary N) is 1. The van der Waals surface area contributed by atoms with Gasteiger partial charge in [0.25, 0.3) is 0 Å². The van der Waals surface area contributed by atoms with Gasteiger partial charge in [-0.2, -0.15) is 0 Å². The summed E-state index contributed by atoms with van der Waals surface area (Å²) in [6, 6.07) is 1.53. The molecule has 82 valence electrons. The lowest BCUT2D eigenvalue weighted by Gasteiger charge is -2.38. The van der Waals surface area contributed by atoms with Gasteiger partial charge in [0.15, 0.2) is 0 Å². The summed E-state index contributed by atoms with van der Waals surface area (Å²) in [5.74, 6) is 0. The highest BCUT2D eigenvalue weighted by atomic mass is 15.2. The molecule has 0 saturated carbocycles. The van der Waals surface area contributed by atoms with E-state index in [1.54, 1.807) is 0 Å². The average Bonchev–Trinajstić information content (AvgIpc) is 2.47. The lowest BCUT2D eigenvalue weighted by Crippen LogP contribution is -2.52. The van der Waals surface area contributed by atoms with Crippen LogP contribution in [0.5, 0.6) is 0 Å². The van der Waals surface area contributed by atoms with Crippen molar-refractivity contribution >= 4 is 0 Å². The minimum absolute atomic E-state index is 0.710. The minimum atomic E-state index is 0.710. The fraction of sp³-hybridized carbons (Fsp3) is 1.00. The fourth-order valence-electron chi connectivity index (χ4n) is 2.95. The van der Waals surface area contributed by atoms with Gasteiger partial charge in [-0.15, -0.1) is 0 Å². The summed E-state index contributed by atoms with van der Waals surface area (Å²) >= 11 is 0. The number of likely N-dealkylation sites (tertiary alicyclic amines) is 1. The summed E-state index contributed by atoms with van der Waals surface area (Å²) in [4.78, 5) is 2.74. The number of piperidine rings is 1. The monoisotopic (exact) mass is 196 g/mol. The third-order valence-electron chi connectivity index (χ3n) is 3.83. The van der Waals surface area contributed by atoms with E-state index in [1.807, 2.05) is 0 Å². The second-order valence-corrected chi connectivity index (χ2v) is 4.90. The number of nitrogens with zero attached hydrogens (tertiary/aromatic N) is 1. The third kappa shape index (κ3) is 2.48. The maximum absolute atomic E-state index is 3.61. The summed E-state index contributed by atoms with van der Waals surface area (Å²) < 4.78 is 0. The molecule has 14 heavy (non-hydrogen) atoms. The second-order valence-electron chi connectivity index (χ2n) is 4.90. The van der Waals surface area contributed by atoms with Crippen LogP contribution in [0.3, 0.4) is 0 Å². The Balaban J connectivity index is 1.90. The van der Waals surface area contributed by atoms with Gasteiger partial charge in [0, 0.05) is 12.1 Å². The molecule has 2 saturated heterocycles. The Hall–Kier alpha value is -0.0800. The van der Waals surface area contributed by atoms with Crippen LogP contribution in [0.15, 0.2) is 0 Å². The molecule has 1 N–H and O–H groups in total. The zero-order valence-electron chi connectivity index (χ0n) is 9.47. The molecule has 0 aromatic heterocycles. The largest absolute Gasteiger partial charge is 0.313 e. The van der Waals surface area contributed by atoms with Crippen LogP contribution in [0.1, 0.15) is 45.4 Å². The van der Waals surface area contributed by atoms with Gasteiger partial charge in [0.2, 0.25) is 0 Å². The topological polar surface area (TPSA) is 15.3 Å². The maximum atomic E-state index is 3.61. The molecule has 0 spiro atoms. The van der Waals surface area contributed by atoms with Crippen molar-refractivity contribution in [1.82, 2.24) is 10.2 Å². The molecule has 0 radical (unpaired) electrons. The van der Waals surface area contributed by atoms with Gasteiger partial charge in [-0.1, -0.05) is 12.8 Å². The molecule has 2 heteroatoms. The van der Waals surface area contributed by atoms with E-state index in [-0.39, 0.29) is 0 Å². The van der Waals surface area contributed by atoms with Crippen LogP contribution < -0.4 is 5.32 Å². The van der Waals surface area contributed by atoms with Gasteiger partial charge < -0.3 is 5.32 Å². The van der Waals surface area contributed by atoms with Crippen molar-refractivity contribution < 1.29 is 0 Å². The average molecular weight is 196 g/mol. The van der Waals surface area contributed by atoms with Gasteiger partial charge in [-0.3, -0.25) is 4.90 Å². The number of hydrogen-bond donors (Lipinski definition) is 1. The Morgan fingerprint density at radius 3 is 2.36 bits per heavy atom. The molecule has 0 amide bonds. The van der Waals surface area contributed by atoms with Crippen molar-refractivity contribution in [1.29, 1.82) is 0 Å². The highest BCUT2D eigenvalue weighted by Gasteiger charge is 2.26. The Morgan fingerprint density at radius 1 is 1.00 bits per heavy atom. The van der Waals surface area contributed by atoms with Crippen LogP contribution in [0.4, 0.5) is 0 Å². The first kappa shape index (κ1) is 10.4. The number of hydrogen-bond acceptors (Lipinski definition) is 2. The summed E-state index contributed by atoms with van der Waals surface area (Å²) in [5.41, 5.74) is 0. The standard InChI is InChI=1S/C12H24N2/c1-11-12(7-6-8-13-11)14-9-4-2-3-5-10-14/h11-13H,2-10H2,1H3/t11-,12-/m0/s1. The summed E-state index contributed by atoms with van der Waals surface area (Å²) in [6.45, 7) is 6.27. The molecule has 0 aromatic carbocycles. The van der Waals surface area contributed by atoms with E-state index in [0.29, 0.717) is 6.04 Å². The van der Waals surface area contributed by atoms with Crippen LogP contribution >= 0.6 is 0 Å². The zero-order chi connectivity index (χ0) is 9.80. The molecule has 0 bridgehead atoms. The molecule has 2 heterocycles. The Labute approximate surface area is 88.1 Å². The van der Waals surface area contributed by atoms with Gasteiger partial charge >= 0.3 is 0 Å². The third-order valence-corrected chi connectivity index (χ3v) is 3.83. The first-order chi connectivity index (χ1) is 6.88. The zero-order valence-corrected chi connectivity index (χ0v) is 9.47. The SMILES string of the molecule is C[C@@H]1NCCC[C@@H]1N1CCCCCC1. The van der Waals surface area contributed by atoms with E-state index < -0.39 is 0 Å². The van der Waals surface area contributed by atoms with Crippen LogP contribution in [-0.2, 0) is 0 Å². The van der Waals surface area contributed by atoms with Gasteiger partial charge in [-0.25, -0.2) is 0 Å². The van der Waals surface area contributed by atoms with E-state index in [9.17, 15) is 0 Å². The Kier molecular flexibility index (Phi) is 3.82. The first-order valence-corrected chi connectivity index (χ1v) is 6.35. The van der Waals surface area contributed by atoms with Gasteiger partial charge in [0.05, 0.1) is 0 Å². The van der Waals surface area contributed by atoms with Crippen molar-refractivity contribution in [3.63, 3.8) is 0 Å². The molecule has 2 rings (SSSR count). The molecule has 2 fully saturated rings. The van der Waals surface area contributed by atoms with Crippen molar-refractivity contribution in [2.24, 2.45) is 0 Å². The van der Waals surface area contributed by atoms with Crippen molar-refractivity contribution in [3.05, 3.63) is 0 Å². The van der Waals surface area contributed by atoms with Crippen LogP contribution in [0, 0.1) is 0 Å². The predicted molar refractivity (Wildman–Crippen MR) is 60.5 cm³/mol. The molecular formula is C12H24N2. The van der Waals surface area contributed by atoms with E-state index in [4.69, 9.17) is 0 Å². The molecule has 0 unspecified atom stereocenters. The van der Waals surface area contributed by atoms with Crippen LogP contribution in [0.25, 0.3) is 0 Å². The van der Waals surface area contributed by atoms with E-state index >= 15 is 0 Å². The summed E-state index contributed by atoms with van der Waals surface area (Å²) in [6.07, 6.45) is 8.52. The predicted octanol–water partition coefficient (Wildman–Crippen LogP) is 2.00. The molecule has 0 aliphatic carbocycles. The smallest absolute Gasteiger partial charge is 0.0247 e. The summed E-state index contributed by atoms with van der Waals surface area (Å²) in [5, 5.41) is 3.61. The quantitative estimate of drug-likeness (QED) is 0.690.